The standard InChI is InChI=1S/C31H26FN3O5S2/c1-17(2)18-7-9-19(10-8-18)26-25(27(36)20-11-12-23-24(15-20)40-14-13-39-23)28(37)29(38)35(26)30-33-34-31(42-30)41-16-21-5-3-4-6-22(21)32/h3-12,15,17,26,36H,13-14,16H2,1-2H3/b27-25-. The van der Waals surface area contributed by atoms with Crippen LogP contribution in [-0.2, 0) is 15.3 Å². The molecular formula is C31H26FN3O5S2. The van der Waals surface area contributed by atoms with Gasteiger partial charge in [-0.15, -0.1) is 10.2 Å². The second-order valence-electron chi connectivity index (χ2n) is 10.1. The van der Waals surface area contributed by atoms with E-state index in [0.29, 0.717) is 51.5 Å². The van der Waals surface area contributed by atoms with Crippen molar-refractivity contribution in [3.05, 3.63) is 100 Å². The van der Waals surface area contributed by atoms with E-state index in [-0.39, 0.29) is 28.2 Å². The molecule has 0 saturated carbocycles. The molecule has 0 bridgehead atoms. The number of ether oxygens (including phenoxy) is 2. The van der Waals surface area contributed by atoms with Crippen LogP contribution in [0.15, 0.2) is 76.6 Å². The maximum absolute atomic E-state index is 14.1. The average molecular weight is 604 g/mol. The number of aliphatic hydroxyl groups is 1. The van der Waals surface area contributed by atoms with E-state index in [1.807, 2.05) is 24.3 Å². The zero-order valence-electron chi connectivity index (χ0n) is 22.7. The summed E-state index contributed by atoms with van der Waals surface area (Å²) in [6, 6.07) is 18.0. The Labute approximate surface area is 249 Å². The van der Waals surface area contributed by atoms with Crippen molar-refractivity contribution < 1.29 is 28.6 Å². The quantitative estimate of drug-likeness (QED) is 0.0841. The van der Waals surface area contributed by atoms with Gasteiger partial charge in [0.1, 0.15) is 24.8 Å². The number of rotatable bonds is 7. The number of hydrogen-bond donors (Lipinski definition) is 1. The smallest absolute Gasteiger partial charge is 0.301 e. The molecule has 8 nitrogen and oxygen atoms in total. The Kier molecular flexibility index (Phi) is 7.70. The minimum absolute atomic E-state index is 0.0651. The third-order valence-electron chi connectivity index (χ3n) is 7.09. The summed E-state index contributed by atoms with van der Waals surface area (Å²) in [4.78, 5) is 28.4. The Morgan fingerprint density at radius 2 is 1.79 bits per heavy atom. The SMILES string of the molecule is CC(C)c1ccc(C2/C(=C(/O)c3ccc4c(c3)OCCO4)C(=O)C(=O)N2c2nnc(SCc3ccccc3F)s2)cc1. The van der Waals surface area contributed by atoms with Crippen molar-refractivity contribution in [3.8, 4) is 11.5 Å². The van der Waals surface area contributed by atoms with Gasteiger partial charge in [0, 0.05) is 11.3 Å². The number of aliphatic hydroxyl groups excluding tert-OH is 1. The molecular weight excluding hydrogens is 577 g/mol. The molecule has 2 aliphatic rings. The number of halogens is 1. The van der Waals surface area contributed by atoms with Gasteiger partial charge in [-0.25, -0.2) is 4.39 Å². The lowest BCUT2D eigenvalue weighted by atomic mass is 9.93. The summed E-state index contributed by atoms with van der Waals surface area (Å²) in [6.07, 6.45) is 0. The van der Waals surface area contributed by atoms with Crippen LogP contribution in [0.3, 0.4) is 0 Å². The average Bonchev–Trinajstić information content (AvgIpc) is 3.57. The van der Waals surface area contributed by atoms with Crippen LogP contribution >= 0.6 is 23.1 Å². The van der Waals surface area contributed by atoms with Crippen LogP contribution in [0.25, 0.3) is 5.76 Å². The number of thioether (sulfide) groups is 1. The van der Waals surface area contributed by atoms with Gasteiger partial charge in [-0.05, 0) is 46.9 Å². The van der Waals surface area contributed by atoms with E-state index in [0.717, 1.165) is 16.9 Å². The number of Topliss-reactive ketones (excluding diaryl/α,β-unsaturated/α-hetero) is 1. The molecule has 0 spiro atoms. The molecule has 3 aromatic carbocycles. The first-order valence-corrected chi connectivity index (χ1v) is 15.1. The fourth-order valence-electron chi connectivity index (χ4n) is 4.87. The Morgan fingerprint density at radius 3 is 2.52 bits per heavy atom. The molecule has 6 rings (SSSR count). The highest BCUT2D eigenvalue weighted by Gasteiger charge is 2.48. The van der Waals surface area contributed by atoms with Crippen molar-refractivity contribution in [2.24, 2.45) is 0 Å². The number of fused-ring (bicyclic) bond motifs is 1. The highest BCUT2D eigenvalue weighted by molar-refractivity contribution is 8.00. The van der Waals surface area contributed by atoms with Crippen molar-refractivity contribution in [1.29, 1.82) is 0 Å². The van der Waals surface area contributed by atoms with Crippen LogP contribution in [-0.4, -0.2) is 40.2 Å². The fraction of sp³-hybridized carbons (Fsp3) is 0.226. The first-order chi connectivity index (χ1) is 20.3. The van der Waals surface area contributed by atoms with Crippen molar-refractivity contribution in [3.63, 3.8) is 0 Å². The first kappa shape index (κ1) is 27.9. The van der Waals surface area contributed by atoms with Crippen LogP contribution in [0, 0.1) is 5.82 Å². The minimum Gasteiger partial charge on any atom is -0.507 e. The van der Waals surface area contributed by atoms with E-state index in [2.05, 4.69) is 24.0 Å². The van der Waals surface area contributed by atoms with Crippen molar-refractivity contribution in [1.82, 2.24) is 10.2 Å². The number of nitrogens with zero attached hydrogens (tertiary/aromatic N) is 3. The monoisotopic (exact) mass is 603 g/mol. The van der Waals surface area contributed by atoms with Gasteiger partial charge in [0.25, 0.3) is 5.78 Å². The van der Waals surface area contributed by atoms with E-state index in [1.165, 1.54) is 22.7 Å². The predicted molar refractivity (Wildman–Crippen MR) is 159 cm³/mol. The number of ketones is 1. The Hall–Kier alpha value is -4.22. The largest absolute Gasteiger partial charge is 0.507 e. The van der Waals surface area contributed by atoms with E-state index in [1.54, 1.807) is 36.4 Å². The van der Waals surface area contributed by atoms with Gasteiger partial charge < -0.3 is 14.6 Å². The third kappa shape index (κ3) is 5.25. The molecule has 1 unspecified atom stereocenters. The molecule has 1 saturated heterocycles. The van der Waals surface area contributed by atoms with Gasteiger partial charge in [0.2, 0.25) is 5.13 Å². The number of hydrogen-bond acceptors (Lipinski definition) is 9. The second kappa shape index (κ2) is 11.6. The Bertz CT molecular complexity index is 1700. The molecule has 1 aromatic heterocycles. The highest BCUT2D eigenvalue weighted by atomic mass is 32.2. The molecule has 3 heterocycles. The summed E-state index contributed by atoms with van der Waals surface area (Å²) in [7, 11) is 0. The summed E-state index contributed by atoms with van der Waals surface area (Å²) in [5, 5.41) is 20.1. The number of carbonyl (C=O) groups is 2. The number of anilines is 1. The van der Waals surface area contributed by atoms with Gasteiger partial charge in [-0.1, -0.05) is 79.4 Å². The number of amides is 1. The Balaban J connectivity index is 1.40. The van der Waals surface area contributed by atoms with Crippen LogP contribution in [0.1, 0.15) is 48.1 Å². The molecule has 214 valence electrons. The fourth-order valence-corrected chi connectivity index (χ4v) is 6.72. The first-order valence-electron chi connectivity index (χ1n) is 13.3. The second-order valence-corrected chi connectivity index (χ2v) is 12.3. The zero-order chi connectivity index (χ0) is 29.4. The molecule has 2 aliphatic heterocycles. The number of aromatic nitrogens is 2. The highest BCUT2D eigenvalue weighted by Crippen LogP contribution is 2.45. The molecule has 1 amide bonds. The van der Waals surface area contributed by atoms with Crippen LogP contribution in [0.5, 0.6) is 11.5 Å². The lowest BCUT2D eigenvalue weighted by molar-refractivity contribution is -0.132. The van der Waals surface area contributed by atoms with Crippen LogP contribution < -0.4 is 14.4 Å². The van der Waals surface area contributed by atoms with Crippen molar-refractivity contribution in [2.45, 2.75) is 35.9 Å². The molecule has 1 N–H and O–H groups in total. The summed E-state index contributed by atoms with van der Waals surface area (Å²) in [6.45, 7) is 4.92. The predicted octanol–water partition coefficient (Wildman–Crippen LogP) is 6.49. The molecule has 1 fully saturated rings. The topological polar surface area (TPSA) is 102 Å². The van der Waals surface area contributed by atoms with Gasteiger partial charge in [0.15, 0.2) is 15.8 Å². The summed E-state index contributed by atoms with van der Waals surface area (Å²) in [5.74, 6) is -0.727. The molecule has 11 heteroatoms. The van der Waals surface area contributed by atoms with E-state index in [4.69, 9.17) is 9.47 Å². The van der Waals surface area contributed by atoms with E-state index >= 15 is 0 Å². The maximum Gasteiger partial charge on any atom is 0.301 e. The lowest BCUT2D eigenvalue weighted by Crippen LogP contribution is -2.29. The maximum atomic E-state index is 14.1. The van der Waals surface area contributed by atoms with Crippen LogP contribution in [0.4, 0.5) is 9.52 Å². The Morgan fingerprint density at radius 1 is 1.05 bits per heavy atom. The molecule has 42 heavy (non-hydrogen) atoms. The lowest BCUT2D eigenvalue weighted by Gasteiger charge is -2.23. The normalized spacial score (nSPS) is 17.7. The molecule has 0 radical (unpaired) electrons. The van der Waals surface area contributed by atoms with Crippen molar-refractivity contribution >= 4 is 45.7 Å². The summed E-state index contributed by atoms with van der Waals surface area (Å²) in [5.41, 5.74) is 2.49. The minimum atomic E-state index is -0.947. The molecule has 0 aliphatic carbocycles. The summed E-state index contributed by atoms with van der Waals surface area (Å²) < 4.78 is 25.9. The molecule has 1 atom stereocenters. The van der Waals surface area contributed by atoms with Gasteiger partial charge in [0.05, 0.1) is 11.6 Å². The zero-order valence-corrected chi connectivity index (χ0v) is 24.4. The molecule has 4 aromatic rings. The number of benzene rings is 3. The van der Waals surface area contributed by atoms with E-state index in [9.17, 15) is 19.1 Å². The third-order valence-corrected chi connectivity index (χ3v) is 9.19. The number of carbonyl (C=O) groups excluding carboxylic acids is 2. The summed E-state index contributed by atoms with van der Waals surface area (Å²) >= 11 is 2.41. The van der Waals surface area contributed by atoms with Crippen LogP contribution in [0.2, 0.25) is 0 Å². The van der Waals surface area contributed by atoms with Gasteiger partial charge >= 0.3 is 5.91 Å². The van der Waals surface area contributed by atoms with E-state index < -0.39 is 17.7 Å². The van der Waals surface area contributed by atoms with Gasteiger partial charge in [-0.3, -0.25) is 14.5 Å². The van der Waals surface area contributed by atoms with Gasteiger partial charge in [-0.2, -0.15) is 0 Å². The van der Waals surface area contributed by atoms with Crippen molar-refractivity contribution in [2.75, 3.05) is 18.1 Å².